The lowest BCUT2D eigenvalue weighted by Gasteiger charge is -2.52. The Morgan fingerprint density at radius 2 is 1.69 bits per heavy atom. The molecule has 6 rings (SSSR count). The van der Waals surface area contributed by atoms with Crippen LogP contribution in [0.2, 0.25) is 0 Å². The fourth-order valence-corrected chi connectivity index (χ4v) is 5.98. The number of nitrogens with one attached hydrogen (secondary N) is 1. The minimum Gasteiger partial charge on any atom is -0.483 e. The van der Waals surface area contributed by atoms with Crippen LogP contribution in [0, 0.1) is 12.3 Å². The topological polar surface area (TPSA) is 57.2 Å². The van der Waals surface area contributed by atoms with Crippen molar-refractivity contribution in [3.8, 4) is 5.75 Å². The standard InChI is InChI=1S/C30H32N4O2/c1-20-14-26-25(34-21(2)29(35)32-31-27(34)17-36-26)15-24(20)16-30(3)18-33(19-30)28(22-10-6-4-7-11-22)23-12-8-5-9-13-23/h4-15,21,28H,16-19H2,1-3H3,(H,32,35). The predicted molar refractivity (Wildman–Crippen MR) is 142 cm³/mol. The Hall–Kier alpha value is -3.64. The van der Waals surface area contributed by atoms with Crippen molar-refractivity contribution in [1.29, 1.82) is 0 Å². The molecular formula is C30H32N4O2. The molecule has 3 aromatic rings. The van der Waals surface area contributed by atoms with E-state index in [4.69, 9.17) is 4.74 Å². The highest BCUT2D eigenvalue weighted by molar-refractivity contribution is 6.09. The van der Waals surface area contributed by atoms with E-state index >= 15 is 0 Å². The molecule has 6 nitrogen and oxygen atoms in total. The number of nitrogens with zero attached hydrogens (tertiary/aromatic N) is 3. The average Bonchev–Trinajstić information content (AvgIpc) is 2.87. The first kappa shape index (κ1) is 22.8. The summed E-state index contributed by atoms with van der Waals surface area (Å²) in [4.78, 5) is 16.9. The average molecular weight is 481 g/mol. The lowest BCUT2D eigenvalue weighted by atomic mass is 9.74. The summed E-state index contributed by atoms with van der Waals surface area (Å²) in [5.41, 5.74) is 8.90. The van der Waals surface area contributed by atoms with E-state index in [1.165, 1.54) is 22.3 Å². The monoisotopic (exact) mass is 480 g/mol. The molecule has 6 heteroatoms. The first-order valence-corrected chi connectivity index (χ1v) is 12.7. The molecule has 3 aromatic carbocycles. The number of fused-ring (bicyclic) bond motifs is 3. The molecule has 3 aliphatic heterocycles. The number of hydrogen-bond acceptors (Lipinski definition) is 5. The fraction of sp³-hybridized carbons (Fsp3) is 0.333. The highest BCUT2D eigenvalue weighted by atomic mass is 16.5. The number of carbonyl (C=O) groups is 1. The van der Waals surface area contributed by atoms with Crippen molar-refractivity contribution < 1.29 is 9.53 Å². The summed E-state index contributed by atoms with van der Waals surface area (Å²) >= 11 is 0. The van der Waals surface area contributed by atoms with Gasteiger partial charge in [-0.05, 0) is 60.1 Å². The highest BCUT2D eigenvalue weighted by Gasteiger charge is 2.43. The van der Waals surface area contributed by atoms with E-state index in [9.17, 15) is 4.79 Å². The van der Waals surface area contributed by atoms with Gasteiger partial charge in [0.05, 0.1) is 11.7 Å². The molecule has 184 valence electrons. The molecule has 1 saturated heterocycles. The van der Waals surface area contributed by atoms with Crippen molar-refractivity contribution in [2.24, 2.45) is 10.5 Å². The molecule has 1 fully saturated rings. The molecule has 3 aliphatic rings. The Labute approximate surface area is 212 Å². The van der Waals surface area contributed by atoms with Gasteiger partial charge in [-0.25, -0.2) is 5.43 Å². The van der Waals surface area contributed by atoms with Crippen LogP contribution < -0.4 is 15.1 Å². The Balaban J connectivity index is 1.26. The molecule has 1 N–H and O–H groups in total. The van der Waals surface area contributed by atoms with E-state index in [2.05, 4.69) is 102 Å². The molecular weight excluding hydrogens is 448 g/mol. The van der Waals surface area contributed by atoms with Crippen molar-refractivity contribution in [2.45, 2.75) is 39.3 Å². The third-order valence-corrected chi connectivity index (χ3v) is 7.76. The number of ether oxygens (including phenoxy) is 1. The second-order valence-corrected chi connectivity index (χ2v) is 10.7. The molecule has 3 heterocycles. The van der Waals surface area contributed by atoms with Crippen LogP contribution >= 0.6 is 0 Å². The zero-order chi connectivity index (χ0) is 24.9. The number of benzene rings is 3. The van der Waals surface area contributed by atoms with E-state index in [0.717, 1.165) is 36.8 Å². The molecule has 1 unspecified atom stereocenters. The fourth-order valence-electron chi connectivity index (χ4n) is 5.98. The molecule has 0 radical (unpaired) electrons. The third-order valence-electron chi connectivity index (χ3n) is 7.76. The molecule has 1 amide bonds. The highest BCUT2D eigenvalue weighted by Crippen LogP contribution is 2.44. The van der Waals surface area contributed by atoms with Gasteiger partial charge >= 0.3 is 0 Å². The van der Waals surface area contributed by atoms with Crippen LogP contribution in [0.3, 0.4) is 0 Å². The predicted octanol–water partition coefficient (Wildman–Crippen LogP) is 4.68. The van der Waals surface area contributed by atoms with Crippen molar-refractivity contribution in [1.82, 2.24) is 10.3 Å². The van der Waals surface area contributed by atoms with Gasteiger partial charge in [-0.15, -0.1) is 0 Å². The van der Waals surface area contributed by atoms with Crippen molar-refractivity contribution in [2.75, 3.05) is 24.6 Å². The van der Waals surface area contributed by atoms with Gasteiger partial charge in [-0.2, -0.15) is 5.10 Å². The summed E-state index contributed by atoms with van der Waals surface area (Å²) in [5.74, 6) is 1.48. The number of hydrogen-bond donors (Lipinski definition) is 1. The number of likely N-dealkylation sites (tertiary alicyclic amines) is 1. The van der Waals surface area contributed by atoms with Crippen LogP contribution in [0.25, 0.3) is 0 Å². The SMILES string of the molecule is Cc1cc2c(cc1CC1(C)CN(C(c3ccccc3)c3ccccc3)C1)N1C(=NNC(=O)C1C)CO2. The summed E-state index contributed by atoms with van der Waals surface area (Å²) in [6.07, 6.45) is 0.972. The van der Waals surface area contributed by atoms with E-state index in [-0.39, 0.29) is 23.4 Å². The number of amidine groups is 1. The zero-order valence-electron chi connectivity index (χ0n) is 21.1. The van der Waals surface area contributed by atoms with Crippen LogP contribution in [-0.2, 0) is 11.2 Å². The number of carbonyl (C=O) groups excluding carboxylic acids is 1. The molecule has 0 saturated carbocycles. The van der Waals surface area contributed by atoms with Gasteiger partial charge in [0, 0.05) is 13.1 Å². The molecule has 0 spiro atoms. The summed E-state index contributed by atoms with van der Waals surface area (Å²) in [6, 6.07) is 25.9. The number of anilines is 1. The van der Waals surface area contributed by atoms with E-state index in [1.54, 1.807) is 0 Å². The lowest BCUT2D eigenvalue weighted by Crippen LogP contribution is -2.57. The molecule has 0 bridgehead atoms. The summed E-state index contributed by atoms with van der Waals surface area (Å²) in [7, 11) is 0. The Bertz CT molecular complexity index is 1280. The minimum atomic E-state index is -0.317. The van der Waals surface area contributed by atoms with Crippen molar-refractivity contribution in [3.63, 3.8) is 0 Å². The van der Waals surface area contributed by atoms with Gasteiger partial charge in [0.2, 0.25) is 0 Å². The smallest absolute Gasteiger partial charge is 0.262 e. The summed E-state index contributed by atoms with van der Waals surface area (Å²) in [5, 5.41) is 4.23. The van der Waals surface area contributed by atoms with Crippen molar-refractivity contribution >= 4 is 17.4 Å². The van der Waals surface area contributed by atoms with Crippen molar-refractivity contribution in [3.05, 3.63) is 95.1 Å². The van der Waals surface area contributed by atoms with Crippen LogP contribution in [-0.4, -0.2) is 42.4 Å². The second-order valence-electron chi connectivity index (χ2n) is 10.7. The maximum atomic E-state index is 12.3. The minimum absolute atomic E-state index is 0.0943. The number of aryl methyl sites for hydroxylation is 1. The normalized spacial score (nSPS) is 20.6. The first-order valence-electron chi connectivity index (χ1n) is 12.7. The maximum Gasteiger partial charge on any atom is 0.262 e. The Morgan fingerprint density at radius 1 is 1.06 bits per heavy atom. The van der Waals surface area contributed by atoms with Gasteiger partial charge in [0.25, 0.3) is 5.91 Å². The second kappa shape index (κ2) is 8.79. The van der Waals surface area contributed by atoms with Gasteiger partial charge in [0.1, 0.15) is 18.4 Å². The lowest BCUT2D eigenvalue weighted by molar-refractivity contribution is -0.122. The van der Waals surface area contributed by atoms with E-state index in [0.29, 0.717) is 6.61 Å². The molecule has 36 heavy (non-hydrogen) atoms. The summed E-state index contributed by atoms with van der Waals surface area (Å²) in [6.45, 7) is 8.86. The van der Waals surface area contributed by atoms with Crippen LogP contribution in [0.1, 0.15) is 42.1 Å². The van der Waals surface area contributed by atoms with Crippen LogP contribution in [0.5, 0.6) is 5.75 Å². The van der Waals surface area contributed by atoms with Gasteiger partial charge in [0.15, 0.2) is 5.84 Å². The maximum absolute atomic E-state index is 12.3. The third kappa shape index (κ3) is 3.95. The Morgan fingerprint density at radius 3 is 2.33 bits per heavy atom. The number of rotatable bonds is 5. The molecule has 1 atom stereocenters. The number of hydrazone groups is 1. The zero-order valence-corrected chi connectivity index (χ0v) is 21.1. The Kier molecular flexibility index (Phi) is 5.56. The van der Waals surface area contributed by atoms with Gasteiger partial charge < -0.3 is 9.64 Å². The largest absolute Gasteiger partial charge is 0.483 e. The van der Waals surface area contributed by atoms with Gasteiger partial charge in [-0.3, -0.25) is 9.69 Å². The van der Waals surface area contributed by atoms with E-state index < -0.39 is 0 Å². The molecule has 0 aromatic heterocycles. The number of amides is 1. The van der Waals surface area contributed by atoms with Gasteiger partial charge in [-0.1, -0.05) is 67.6 Å². The van der Waals surface area contributed by atoms with Crippen LogP contribution in [0.4, 0.5) is 5.69 Å². The quantitative estimate of drug-likeness (QED) is 0.576. The molecule has 0 aliphatic carbocycles. The van der Waals surface area contributed by atoms with E-state index in [1.807, 2.05) is 11.8 Å². The summed E-state index contributed by atoms with van der Waals surface area (Å²) < 4.78 is 6.00. The van der Waals surface area contributed by atoms with Crippen LogP contribution in [0.15, 0.2) is 77.9 Å². The first-order chi connectivity index (χ1) is 17.4.